The highest BCUT2D eigenvalue weighted by molar-refractivity contribution is 7.92. The van der Waals surface area contributed by atoms with Crippen LogP contribution in [0.2, 0.25) is 0 Å². The van der Waals surface area contributed by atoms with Gasteiger partial charge in [0.15, 0.2) is 0 Å². The Hall–Kier alpha value is -1.86. The van der Waals surface area contributed by atoms with E-state index < -0.39 is 10.0 Å². The first kappa shape index (κ1) is 16.5. The number of hydrogen-bond acceptors (Lipinski definition) is 4. The number of benzene rings is 1. The molecule has 0 spiro atoms. The van der Waals surface area contributed by atoms with Gasteiger partial charge >= 0.3 is 0 Å². The van der Waals surface area contributed by atoms with Gasteiger partial charge in [0.05, 0.1) is 17.9 Å². The minimum Gasteiger partial charge on any atom is -0.355 e. The maximum atomic E-state index is 12.2. The lowest BCUT2D eigenvalue weighted by atomic mass is 10.3. The van der Waals surface area contributed by atoms with Crippen LogP contribution in [-0.4, -0.2) is 33.7 Å². The molecule has 0 unspecified atom stereocenters. The van der Waals surface area contributed by atoms with E-state index in [1.54, 1.807) is 24.3 Å². The molecule has 7 heteroatoms. The van der Waals surface area contributed by atoms with Gasteiger partial charge in [0.25, 0.3) is 0 Å². The van der Waals surface area contributed by atoms with Gasteiger partial charge < -0.3 is 5.32 Å². The first-order valence-electron chi connectivity index (χ1n) is 6.80. The Labute approximate surface area is 134 Å². The molecule has 1 N–H and O–H groups in total. The molecule has 0 aliphatic rings. The Balaban J connectivity index is 1.83. The maximum absolute atomic E-state index is 12.2. The summed E-state index contributed by atoms with van der Waals surface area (Å²) < 4.78 is 25.6. The summed E-state index contributed by atoms with van der Waals surface area (Å²) in [6, 6.07) is 12.6. The Morgan fingerprint density at radius 2 is 1.91 bits per heavy atom. The first-order valence-corrected chi connectivity index (χ1v) is 9.28. The molecule has 2 rings (SSSR count). The fourth-order valence-corrected chi connectivity index (χ4v) is 3.67. The highest BCUT2D eigenvalue weighted by Crippen LogP contribution is 2.15. The van der Waals surface area contributed by atoms with Gasteiger partial charge in [0, 0.05) is 18.5 Å². The number of rotatable bonds is 7. The van der Waals surface area contributed by atoms with E-state index in [0.29, 0.717) is 5.69 Å². The van der Waals surface area contributed by atoms with Gasteiger partial charge in [-0.2, -0.15) is 0 Å². The molecule has 0 saturated carbocycles. The van der Waals surface area contributed by atoms with E-state index in [9.17, 15) is 13.2 Å². The molecule has 1 heterocycles. The zero-order chi connectivity index (χ0) is 16.0. The van der Waals surface area contributed by atoms with Crippen LogP contribution < -0.4 is 9.62 Å². The number of nitrogens with one attached hydrogen (secondary N) is 1. The van der Waals surface area contributed by atoms with E-state index in [-0.39, 0.29) is 24.6 Å². The molecule has 0 atom stereocenters. The molecule has 5 nitrogen and oxygen atoms in total. The largest absolute Gasteiger partial charge is 0.355 e. The highest BCUT2D eigenvalue weighted by Gasteiger charge is 2.18. The highest BCUT2D eigenvalue weighted by atomic mass is 32.2. The smallest absolute Gasteiger partial charge is 0.236 e. The van der Waals surface area contributed by atoms with Gasteiger partial charge in [0.2, 0.25) is 15.9 Å². The number of anilines is 1. The molecule has 0 radical (unpaired) electrons. The lowest BCUT2D eigenvalue weighted by Crippen LogP contribution is -2.36. The van der Waals surface area contributed by atoms with Crippen molar-refractivity contribution < 1.29 is 13.2 Å². The number of para-hydroxylation sites is 1. The molecule has 0 bridgehead atoms. The van der Waals surface area contributed by atoms with Crippen LogP contribution in [-0.2, 0) is 21.2 Å². The summed E-state index contributed by atoms with van der Waals surface area (Å²) in [4.78, 5) is 12.7. The Bertz CT molecular complexity index is 698. The Morgan fingerprint density at radius 1 is 1.18 bits per heavy atom. The summed E-state index contributed by atoms with van der Waals surface area (Å²) in [5.74, 6) is -0.297. The number of hydrogen-bond donors (Lipinski definition) is 1. The molecular formula is C15H18N2O3S2. The molecule has 1 aromatic heterocycles. The predicted octanol–water partition coefficient (Wildman–Crippen LogP) is 1.87. The van der Waals surface area contributed by atoms with Crippen LogP contribution in [0.15, 0.2) is 47.8 Å². The van der Waals surface area contributed by atoms with Gasteiger partial charge in [-0.25, -0.2) is 8.42 Å². The monoisotopic (exact) mass is 338 g/mol. The molecule has 0 fully saturated rings. The van der Waals surface area contributed by atoms with Gasteiger partial charge in [-0.05, 0) is 23.6 Å². The minimum atomic E-state index is -3.45. The summed E-state index contributed by atoms with van der Waals surface area (Å²) in [5, 5.41) is 4.55. The van der Waals surface area contributed by atoms with Crippen molar-refractivity contribution in [1.29, 1.82) is 0 Å². The minimum absolute atomic E-state index is 0.101. The third-order valence-corrected chi connectivity index (χ3v) is 5.78. The predicted molar refractivity (Wildman–Crippen MR) is 89.7 cm³/mol. The van der Waals surface area contributed by atoms with Crippen LogP contribution in [0.25, 0.3) is 0 Å². The second-order valence-corrected chi connectivity index (χ2v) is 7.88. The average molecular weight is 338 g/mol. The van der Waals surface area contributed by atoms with Crippen LogP contribution in [0.4, 0.5) is 5.69 Å². The maximum Gasteiger partial charge on any atom is 0.236 e. The van der Waals surface area contributed by atoms with Crippen LogP contribution in [0, 0.1) is 0 Å². The summed E-state index contributed by atoms with van der Waals surface area (Å²) in [6.07, 6.45) is 0.284. The van der Waals surface area contributed by atoms with Crippen molar-refractivity contribution >= 4 is 33.0 Å². The first-order chi connectivity index (χ1) is 10.5. The molecule has 22 heavy (non-hydrogen) atoms. The summed E-state index contributed by atoms with van der Waals surface area (Å²) in [7, 11) is -1.94. The van der Waals surface area contributed by atoms with Gasteiger partial charge in [-0.15, -0.1) is 11.3 Å². The van der Waals surface area contributed by atoms with E-state index >= 15 is 0 Å². The molecule has 0 aliphatic carbocycles. The van der Waals surface area contributed by atoms with E-state index in [1.165, 1.54) is 22.7 Å². The third-order valence-electron chi connectivity index (χ3n) is 3.13. The molecule has 2 aromatic rings. The third kappa shape index (κ3) is 4.57. The number of carbonyl (C=O) groups excluding carboxylic acids is 1. The lowest BCUT2D eigenvalue weighted by molar-refractivity contribution is -0.120. The van der Waals surface area contributed by atoms with Crippen LogP contribution in [0.1, 0.15) is 4.88 Å². The molecule has 118 valence electrons. The molecule has 1 aromatic carbocycles. The summed E-state index contributed by atoms with van der Waals surface area (Å²) in [5.41, 5.74) is 0.604. The van der Waals surface area contributed by atoms with Gasteiger partial charge in [-0.1, -0.05) is 24.3 Å². The van der Waals surface area contributed by atoms with Crippen LogP contribution >= 0.6 is 11.3 Å². The van der Waals surface area contributed by atoms with Crippen molar-refractivity contribution in [2.45, 2.75) is 6.42 Å². The standard InChI is InChI=1S/C15H18N2O3S2/c1-17(13-6-3-2-4-7-13)22(19,20)11-9-16-15(18)12-14-8-5-10-21-14/h2-8,10H,9,11-12H2,1H3,(H,16,18). The summed E-state index contributed by atoms with van der Waals surface area (Å²) in [6.45, 7) is 0.101. The van der Waals surface area contributed by atoms with Crippen molar-refractivity contribution in [2.75, 3.05) is 23.7 Å². The number of thiophene rings is 1. The second kappa shape index (κ2) is 7.42. The summed E-state index contributed by atoms with van der Waals surface area (Å²) >= 11 is 1.51. The van der Waals surface area contributed by atoms with E-state index in [2.05, 4.69) is 5.32 Å². The van der Waals surface area contributed by atoms with Crippen LogP contribution in [0.3, 0.4) is 0 Å². The van der Waals surface area contributed by atoms with Crippen molar-refractivity contribution in [2.24, 2.45) is 0 Å². The molecule has 1 amide bonds. The zero-order valence-electron chi connectivity index (χ0n) is 12.2. The molecular weight excluding hydrogens is 320 g/mol. The number of nitrogens with zero attached hydrogens (tertiary/aromatic N) is 1. The Morgan fingerprint density at radius 3 is 2.55 bits per heavy atom. The number of sulfonamides is 1. The normalized spacial score (nSPS) is 11.1. The topological polar surface area (TPSA) is 66.5 Å². The fourth-order valence-electron chi connectivity index (χ4n) is 1.89. The molecule has 0 aliphatic heterocycles. The van der Waals surface area contributed by atoms with E-state index in [1.807, 2.05) is 23.6 Å². The van der Waals surface area contributed by atoms with Gasteiger partial charge in [-0.3, -0.25) is 9.10 Å². The number of amides is 1. The fraction of sp³-hybridized carbons (Fsp3) is 0.267. The van der Waals surface area contributed by atoms with Crippen molar-refractivity contribution in [1.82, 2.24) is 5.32 Å². The van der Waals surface area contributed by atoms with Crippen molar-refractivity contribution in [3.8, 4) is 0 Å². The average Bonchev–Trinajstić information content (AvgIpc) is 3.00. The quantitative estimate of drug-likeness (QED) is 0.838. The van der Waals surface area contributed by atoms with Gasteiger partial charge in [0.1, 0.15) is 0 Å². The van der Waals surface area contributed by atoms with Crippen molar-refractivity contribution in [3.05, 3.63) is 52.7 Å². The van der Waals surface area contributed by atoms with Crippen LogP contribution in [0.5, 0.6) is 0 Å². The lowest BCUT2D eigenvalue weighted by Gasteiger charge is -2.19. The van der Waals surface area contributed by atoms with E-state index in [4.69, 9.17) is 0 Å². The second-order valence-electron chi connectivity index (χ2n) is 4.73. The zero-order valence-corrected chi connectivity index (χ0v) is 13.9. The number of carbonyl (C=O) groups is 1. The van der Waals surface area contributed by atoms with E-state index in [0.717, 1.165) is 4.88 Å². The SMILES string of the molecule is CN(c1ccccc1)S(=O)(=O)CCNC(=O)Cc1cccs1. The van der Waals surface area contributed by atoms with Crippen molar-refractivity contribution in [3.63, 3.8) is 0 Å². The Kier molecular flexibility index (Phi) is 5.57. The molecule has 0 saturated heterocycles.